The smallest absolute Gasteiger partial charge is 0.135 e. The fourth-order valence-electron chi connectivity index (χ4n) is 1.64. The summed E-state index contributed by atoms with van der Waals surface area (Å²) < 4.78 is 7.18. The van der Waals surface area contributed by atoms with Gasteiger partial charge in [-0.05, 0) is 49.8 Å². The van der Waals surface area contributed by atoms with Crippen LogP contribution >= 0.6 is 31.9 Å². The molecular formula is C14H18Br2N2O. The zero-order chi connectivity index (χ0) is 14.5. The lowest BCUT2D eigenvalue weighted by Gasteiger charge is -2.25. The molecule has 0 saturated heterocycles. The molecule has 5 heteroatoms. The number of methoxy groups -OCH3 is 1. The fraction of sp³-hybridized carbons (Fsp3) is 0.500. The first-order chi connectivity index (χ1) is 8.89. The fourth-order valence-corrected chi connectivity index (χ4v) is 2.93. The van der Waals surface area contributed by atoms with E-state index >= 15 is 0 Å². The second-order valence-corrected chi connectivity index (χ2v) is 6.85. The minimum Gasteiger partial charge on any atom is -0.495 e. The van der Waals surface area contributed by atoms with Gasteiger partial charge in [0.05, 0.1) is 23.3 Å². The summed E-state index contributed by atoms with van der Waals surface area (Å²) in [5.74, 6) is 0.792. The number of benzene rings is 1. The maximum Gasteiger partial charge on any atom is 0.135 e. The standard InChI is InChI=1S/C14H18Br2N2O/c1-14(2,5-4-6-17)9-18-12-8-13(19-3)11(16)7-10(12)15/h7-8,18H,4-5,9H2,1-3H3. The van der Waals surface area contributed by atoms with Crippen molar-refractivity contribution in [1.82, 2.24) is 0 Å². The molecule has 0 fully saturated rings. The summed E-state index contributed by atoms with van der Waals surface area (Å²) in [6.45, 7) is 5.11. The number of rotatable bonds is 6. The first kappa shape index (κ1) is 16.3. The number of anilines is 1. The third-order valence-corrected chi connectivity index (χ3v) is 4.19. The highest BCUT2D eigenvalue weighted by Crippen LogP contribution is 2.35. The zero-order valence-electron chi connectivity index (χ0n) is 11.4. The van der Waals surface area contributed by atoms with Gasteiger partial charge in [-0.15, -0.1) is 0 Å². The second kappa shape index (κ2) is 7.16. The van der Waals surface area contributed by atoms with E-state index in [0.717, 1.165) is 33.3 Å². The van der Waals surface area contributed by atoms with Crippen molar-refractivity contribution in [1.29, 1.82) is 5.26 Å². The number of nitrogens with one attached hydrogen (secondary N) is 1. The Labute approximate surface area is 131 Å². The number of halogens is 2. The quantitative estimate of drug-likeness (QED) is 0.747. The molecule has 0 radical (unpaired) electrons. The molecule has 0 heterocycles. The van der Waals surface area contributed by atoms with Gasteiger partial charge in [0.1, 0.15) is 5.75 Å². The third-order valence-electron chi connectivity index (χ3n) is 2.91. The van der Waals surface area contributed by atoms with Crippen LogP contribution in [0.2, 0.25) is 0 Å². The van der Waals surface area contributed by atoms with Gasteiger partial charge in [-0.1, -0.05) is 13.8 Å². The van der Waals surface area contributed by atoms with Crippen LogP contribution in [0.1, 0.15) is 26.7 Å². The number of ether oxygens (including phenoxy) is 1. The lowest BCUT2D eigenvalue weighted by Crippen LogP contribution is -2.23. The van der Waals surface area contributed by atoms with Crippen LogP contribution < -0.4 is 10.1 Å². The molecule has 0 aliphatic rings. The first-order valence-electron chi connectivity index (χ1n) is 6.03. The highest BCUT2D eigenvalue weighted by molar-refractivity contribution is 9.11. The van der Waals surface area contributed by atoms with Crippen LogP contribution in [0.15, 0.2) is 21.1 Å². The molecule has 0 amide bonds. The van der Waals surface area contributed by atoms with Crippen molar-refractivity contribution in [2.45, 2.75) is 26.7 Å². The van der Waals surface area contributed by atoms with E-state index in [9.17, 15) is 0 Å². The van der Waals surface area contributed by atoms with E-state index < -0.39 is 0 Å². The Hall–Kier alpha value is -0.730. The predicted octanol–water partition coefficient (Wildman–Crippen LogP) is 4.96. The Morgan fingerprint density at radius 1 is 1.32 bits per heavy atom. The molecule has 0 saturated carbocycles. The van der Waals surface area contributed by atoms with Crippen LogP contribution in [0, 0.1) is 16.7 Å². The molecule has 0 aliphatic carbocycles. The summed E-state index contributed by atoms with van der Waals surface area (Å²) in [5, 5.41) is 12.1. The maximum absolute atomic E-state index is 8.66. The predicted molar refractivity (Wildman–Crippen MR) is 85.5 cm³/mol. The molecule has 0 bridgehead atoms. The molecule has 104 valence electrons. The zero-order valence-corrected chi connectivity index (χ0v) is 14.6. The average molecular weight is 390 g/mol. The lowest BCUT2D eigenvalue weighted by atomic mass is 9.88. The van der Waals surface area contributed by atoms with Gasteiger partial charge >= 0.3 is 0 Å². The van der Waals surface area contributed by atoms with Crippen molar-refractivity contribution in [3.63, 3.8) is 0 Å². The Balaban J connectivity index is 2.75. The molecule has 1 aromatic rings. The van der Waals surface area contributed by atoms with Crippen molar-refractivity contribution >= 4 is 37.5 Å². The van der Waals surface area contributed by atoms with Gasteiger partial charge in [0.25, 0.3) is 0 Å². The van der Waals surface area contributed by atoms with Gasteiger partial charge in [-0.3, -0.25) is 0 Å². The summed E-state index contributed by atoms with van der Waals surface area (Å²) in [6, 6.07) is 6.11. The van der Waals surface area contributed by atoms with Crippen molar-refractivity contribution in [3.05, 3.63) is 21.1 Å². The Morgan fingerprint density at radius 3 is 2.58 bits per heavy atom. The van der Waals surface area contributed by atoms with Crippen LogP contribution in [0.5, 0.6) is 5.75 Å². The van der Waals surface area contributed by atoms with Crippen LogP contribution in [-0.4, -0.2) is 13.7 Å². The van der Waals surface area contributed by atoms with Crippen molar-refractivity contribution in [2.75, 3.05) is 19.0 Å². The summed E-state index contributed by atoms with van der Waals surface area (Å²) in [5.41, 5.74) is 1.07. The van der Waals surface area contributed by atoms with Crippen molar-refractivity contribution in [2.24, 2.45) is 5.41 Å². The SMILES string of the molecule is COc1cc(NCC(C)(C)CCC#N)c(Br)cc1Br. The van der Waals surface area contributed by atoms with Crippen molar-refractivity contribution < 1.29 is 4.74 Å². The van der Waals surface area contributed by atoms with Gasteiger partial charge in [0.2, 0.25) is 0 Å². The molecule has 3 nitrogen and oxygen atoms in total. The largest absolute Gasteiger partial charge is 0.495 e. The van der Waals surface area contributed by atoms with Gasteiger partial charge in [0, 0.05) is 23.5 Å². The van der Waals surface area contributed by atoms with E-state index in [1.807, 2.05) is 12.1 Å². The van der Waals surface area contributed by atoms with E-state index in [2.05, 4.69) is 57.1 Å². The van der Waals surface area contributed by atoms with Crippen LogP contribution in [0.3, 0.4) is 0 Å². The molecule has 0 atom stereocenters. The molecule has 0 spiro atoms. The maximum atomic E-state index is 8.66. The van der Waals surface area contributed by atoms with E-state index in [1.54, 1.807) is 7.11 Å². The number of nitriles is 1. The first-order valence-corrected chi connectivity index (χ1v) is 7.62. The lowest BCUT2D eigenvalue weighted by molar-refractivity contribution is 0.363. The highest BCUT2D eigenvalue weighted by Gasteiger charge is 2.18. The summed E-state index contributed by atoms with van der Waals surface area (Å²) >= 11 is 6.98. The van der Waals surface area contributed by atoms with Crippen LogP contribution in [0.25, 0.3) is 0 Å². The summed E-state index contributed by atoms with van der Waals surface area (Å²) in [6.07, 6.45) is 1.46. The molecule has 1 rings (SSSR count). The molecule has 0 unspecified atom stereocenters. The molecule has 0 aromatic heterocycles. The Morgan fingerprint density at radius 2 is 2.00 bits per heavy atom. The number of hydrogen-bond acceptors (Lipinski definition) is 3. The Bertz CT molecular complexity index is 481. The molecule has 0 aliphatic heterocycles. The second-order valence-electron chi connectivity index (χ2n) is 5.14. The molecular weight excluding hydrogens is 372 g/mol. The number of nitrogens with zero attached hydrogens (tertiary/aromatic N) is 1. The van der Waals surface area contributed by atoms with Gasteiger partial charge in [-0.2, -0.15) is 5.26 Å². The van der Waals surface area contributed by atoms with Crippen LogP contribution in [-0.2, 0) is 0 Å². The minimum absolute atomic E-state index is 0.0788. The minimum atomic E-state index is 0.0788. The third kappa shape index (κ3) is 5.04. The molecule has 1 aromatic carbocycles. The summed E-state index contributed by atoms with van der Waals surface area (Å²) in [7, 11) is 1.65. The number of hydrogen-bond donors (Lipinski definition) is 1. The Kier molecular flexibility index (Phi) is 6.15. The van der Waals surface area contributed by atoms with E-state index in [1.165, 1.54) is 0 Å². The normalized spacial score (nSPS) is 10.9. The molecule has 19 heavy (non-hydrogen) atoms. The highest BCUT2D eigenvalue weighted by atomic mass is 79.9. The van der Waals surface area contributed by atoms with E-state index in [4.69, 9.17) is 10.00 Å². The topological polar surface area (TPSA) is 45.0 Å². The van der Waals surface area contributed by atoms with E-state index in [0.29, 0.717) is 6.42 Å². The van der Waals surface area contributed by atoms with Crippen molar-refractivity contribution in [3.8, 4) is 11.8 Å². The van der Waals surface area contributed by atoms with Crippen LogP contribution in [0.4, 0.5) is 5.69 Å². The monoisotopic (exact) mass is 388 g/mol. The average Bonchev–Trinajstić information content (AvgIpc) is 2.35. The van der Waals surface area contributed by atoms with E-state index in [-0.39, 0.29) is 5.41 Å². The molecule has 1 N–H and O–H groups in total. The summed E-state index contributed by atoms with van der Waals surface area (Å²) in [4.78, 5) is 0. The van der Waals surface area contributed by atoms with Gasteiger partial charge in [0.15, 0.2) is 0 Å². The van der Waals surface area contributed by atoms with Gasteiger partial charge < -0.3 is 10.1 Å². The van der Waals surface area contributed by atoms with Gasteiger partial charge in [-0.25, -0.2) is 0 Å².